The fourth-order valence-electron chi connectivity index (χ4n) is 3.54. The lowest BCUT2D eigenvalue weighted by Crippen LogP contribution is -2.11. The Hall–Kier alpha value is -4.13. The number of Topliss-reactive ketones (excluding diaryl/α,β-unsaturated/α-hetero) is 1. The van der Waals surface area contributed by atoms with Crippen molar-refractivity contribution in [1.29, 1.82) is 0 Å². The number of aromatic nitrogens is 2. The highest BCUT2D eigenvalue weighted by Crippen LogP contribution is 2.34. The molecule has 1 aromatic heterocycles. The Balaban J connectivity index is 1.71. The third kappa shape index (κ3) is 5.03. The van der Waals surface area contributed by atoms with Gasteiger partial charge in [0.15, 0.2) is 17.3 Å². The second-order valence-electron chi connectivity index (χ2n) is 7.46. The number of ketones is 1. The van der Waals surface area contributed by atoms with Crippen LogP contribution in [0.1, 0.15) is 19.3 Å². The summed E-state index contributed by atoms with van der Waals surface area (Å²) in [5, 5.41) is 3.99. The molecule has 0 spiro atoms. The summed E-state index contributed by atoms with van der Waals surface area (Å²) in [6.07, 6.45) is 6.82. The van der Waals surface area contributed by atoms with Gasteiger partial charge in [-0.25, -0.2) is 9.97 Å². The molecule has 0 aliphatic heterocycles. The molecule has 168 valence electrons. The predicted octanol–water partition coefficient (Wildman–Crippen LogP) is 5.21. The number of rotatable bonds is 6. The molecule has 0 radical (unpaired) electrons. The van der Waals surface area contributed by atoms with E-state index in [9.17, 15) is 4.79 Å². The van der Waals surface area contributed by atoms with Gasteiger partial charge in [0.2, 0.25) is 0 Å². The molecule has 33 heavy (non-hydrogen) atoms. The summed E-state index contributed by atoms with van der Waals surface area (Å²) in [6.45, 7) is 4.03. The first-order valence-corrected chi connectivity index (χ1v) is 10.6. The van der Waals surface area contributed by atoms with Gasteiger partial charge in [-0.05, 0) is 36.8 Å². The second-order valence-corrected chi connectivity index (χ2v) is 7.46. The number of hydrogen-bond acceptors (Lipinski definition) is 7. The Morgan fingerprint density at radius 2 is 1.73 bits per heavy atom. The maximum absolute atomic E-state index is 12.7. The van der Waals surface area contributed by atoms with Gasteiger partial charge in [0, 0.05) is 29.9 Å². The summed E-state index contributed by atoms with van der Waals surface area (Å²) < 4.78 is 16.8. The Morgan fingerprint density at radius 3 is 2.48 bits per heavy atom. The number of ether oxygens (including phenoxy) is 3. The average molecular weight is 444 g/mol. The molecule has 0 bridgehead atoms. The molecule has 1 aliphatic carbocycles. The quantitative estimate of drug-likeness (QED) is 0.523. The van der Waals surface area contributed by atoms with Crippen LogP contribution in [0.2, 0.25) is 0 Å². The number of allylic oxidation sites excluding steroid dienone is 4. The van der Waals surface area contributed by atoms with Gasteiger partial charge < -0.3 is 19.5 Å². The van der Waals surface area contributed by atoms with Crippen LogP contribution < -0.4 is 19.5 Å². The standard InChI is InChI=1S/C26H25N3O4/c1-17-21(13-12-19(10-7-11-23(17)30)33-18-8-5-4-6-9-18)29-26-20-14-24(31-2)25(32-3)15-22(20)27-16-28-26/h4-6,8-9,12-16H,1,7,10-11H2,2-3H3,(H,27,28,29)/b19-12+,21-13?. The van der Waals surface area contributed by atoms with E-state index >= 15 is 0 Å². The van der Waals surface area contributed by atoms with Crippen LogP contribution in [0.5, 0.6) is 17.2 Å². The van der Waals surface area contributed by atoms with Crippen molar-refractivity contribution in [2.75, 3.05) is 19.5 Å². The van der Waals surface area contributed by atoms with Crippen molar-refractivity contribution < 1.29 is 19.0 Å². The molecule has 0 saturated carbocycles. The lowest BCUT2D eigenvalue weighted by atomic mass is 10.0. The number of anilines is 1. The lowest BCUT2D eigenvalue weighted by molar-refractivity contribution is -0.115. The van der Waals surface area contributed by atoms with Crippen molar-refractivity contribution in [2.24, 2.45) is 0 Å². The van der Waals surface area contributed by atoms with E-state index in [1.165, 1.54) is 6.33 Å². The van der Waals surface area contributed by atoms with Crippen LogP contribution in [0.3, 0.4) is 0 Å². The molecule has 3 aromatic rings. The van der Waals surface area contributed by atoms with Crippen molar-refractivity contribution in [3.63, 3.8) is 0 Å². The summed E-state index contributed by atoms with van der Waals surface area (Å²) in [7, 11) is 3.14. The van der Waals surface area contributed by atoms with Crippen LogP contribution in [0, 0.1) is 0 Å². The van der Waals surface area contributed by atoms with E-state index in [4.69, 9.17) is 14.2 Å². The highest BCUT2D eigenvalue weighted by molar-refractivity contribution is 6.01. The lowest BCUT2D eigenvalue weighted by Gasteiger charge is -2.14. The minimum absolute atomic E-state index is 0.0271. The maximum Gasteiger partial charge on any atom is 0.164 e. The van der Waals surface area contributed by atoms with Gasteiger partial charge in [0.1, 0.15) is 23.7 Å². The van der Waals surface area contributed by atoms with Crippen molar-refractivity contribution in [3.05, 3.63) is 84.6 Å². The van der Waals surface area contributed by atoms with Gasteiger partial charge in [-0.3, -0.25) is 4.79 Å². The molecular formula is C26H25N3O4. The Kier molecular flexibility index (Phi) is 6.69. The molecule has 2 aromatic carbocycles. The number of benzene rings is 2. The zero-order chi connectivity index (χ0) is 23.2. The smallest absolute Gasteiger partial charge is 0.164 e. The topological polar surface area (TPSA) is 82.6 Å². The van der Waals surface area contributed by atoms with Crippen molar-refractivity contribution in [1.82, 2.24) is 9.97 Å². The number of nitrogens with zero attached hydrogens (tertiary/aromatic N) is 2. The summed E-state index contributed by atoms with van der Waals surface area (Å²) >= 11 is 0. The molecule has 0 atom stereocenters. The number of carbonyl (C=O) groups is 1. The van der Waals surface area contributed by atoms with Crippen molar-refractivity contribution in [2.45, 2.75) is 19.3 Å². The largest absolute Gasteiger partial charge is 0.493 e. The fraction of sp³-hybridized carbons (Fsp3) is 0.192. The van der Waals surface area contributed by atoms with Crippen LogP contribution in [0.25, 0.3) is 10.9 Å². The number of fused-ring (bicyclic) bond motifs is 1. The van der Waals surface area contributed by atoms with E-state index in [2.05, 4.69) is 21.9 Å². The molecule has 7 heteroatoms. The minimum atomic E-state index is -0.0271. The number of nitrogens with one attached hydrogen (secondary N) is 1. The summed E-state index contributed by atoms with van der Waals surface area (Å²) in [6, 6.07) is 13.2. The van der Waals surface area contributed by atoms with Gasteiger partial charge in [-0.1, -0.05) is 24.8 Å². The molecule has 1 N–H and O–H groups in total. The fourth-order valence-corrected chi connectivity index (χ4v) is 3.54. The van der Waals surface area contributed by atoms with E-state index < -0.39 is 0 Å². The number of hydrogen-bond donors (Lipinski definition) is 1. The van der Waals surface area contributed by atoms with Gasteiger partial charge >= 0.3 is 0 Å². The van der Waals surface area contributed by atoms with E-state index in [0.29, 0.717) is 53.4 Å². The van der Waals surface area contributed by atoms with Gasteiger partial charge in [-0.2, -0.15) is 0 Å². The average Bonchev–Trinajstić information content (AvgIpc) is 2.90. The first-order chi connectivity index (χ1) is 16.1. The number of carbonyl (C=O) groups excluding carboxylic acids is 1. The first kappa shape index (κ1) is 22.1. The molecule has 0 saturated heterocycles. The van der Waals surface area contributed by atoms with Gasteiger partial charge in [-0.15, -0.1) is 0 Å². The molecular weight excluding hydrogens is 418 g/mol. The summed E-state index contributed by atoms with van der Waals surface area (Å²) in [4.78, 5) is 21.4. The predicted molar refractivity (Wildman–Crippen MR) is 127 cm³/mol. The molecule has 0 amide bonds. The molecule has 7 nitrogen and oxygen atoms in total. The normalized spacial score (nSPS) is 16.1. The van der Waals surface area contributed by atoms with E-state index in [-0.39, 0.29) is 5.78 Å². The van der Waals surface area contributed by atoms with Crippen LogP contribution in [-0.4, -0.2) is 30.0 Å². The van der Waals surface area contributed by atoms with Crippen LogP contribution in [0.15, 0.2) is 84.6 Å². The van der Waals surface area contributed by atoms with E-state index in [1.807, 2.05) is 36.4 Å². The maximum atomic E-state index is 12.7. The summed E-state index contributed by atoms with van der Waals surface area (Å²) in [5.74, 6) is 3.14. The van der Waals surface area contributed by atoms with E-state index in [1.54, 1.807) is 32.4 Å². The van der Waals surface area contributed by atoms with Crippen molar-refractivity contribution in [3.8, 4) is 17.2 Å². The van der Waals surface area contributed by atoms with Gasteiger partial charge in [0.05, 0.1) is 25.4 Å². The SMILES string of the molecule is C=C1C(=O)CCC/C(Oc2ccccc2)=C\C=C1Nc1ncnc2cc(OC)c(OC)cc12. The van der Waals surface area contributed by atoms with Crippen LogP contribution >= 0.6 is 0 Å². The summed E-state index contributed by atoms with van der Waals surface area (Å²) in [5.41, 5.74) is 1.61. The number of methoxy groups -OCH3 is 2. The Bertz CT molecular complexity index is 1250. The zero-order valence-electron chi connectivity index (χ0n) is 18.6. The Morgan fingerprint density at radius 1 is 0.970 bits per heavy atom. The molecule has 4 rings (SSSR count). The van der Waals surface area contributed by atoms with Gasteiger partial charge in [0.25, 0.3) is 0 Å². The third-order valence-electron chi connectivity index (χ3n) is 5.31. The number of para-hydroxylation sites is 1. The third-order valence-corrected chi connectivity index (χ3v) is 5.31. The molecule has 1 aliphatic rings. The zero-order valence-corrected chi connectivity index (χ0v) is 18.6. The monoisotopic (exact) mass is 443 g/mol. The molecule has 1 heterocycles. The van der Waals surface area contributed by atoms with Crippen molar-refractivity contribution >= 4 is 22.5 Å². The first-order valence-electron chi connectivity index (χ1n) is 10.6. The van der Waals surface area contributed by atoms with Crippen LogP contribution in [0.4, 0.5) is 5.82 Å². The minimum Gasteiger partial charge on any atom is -0.493 e. The molecule has 0 unspecified atom stereocenters. The van der Waals surface area contributed by atoms with E-state index in [0.717, 1.165) is 16.9 Å². The van der Waals surface area contributed by atoms with Crippen LogP contribution in [-0.2, 0) is 4.79 Å². The highest BCUT2D eigenvalue weighted by atomic mass is 16.5. The Labute approximate surface area is 192 Å². The molecule has 0 fully saturated rings. The highest BCUT2D eigenvalue weighted by Gasteiger charge is 2.17. The second kappa shape index (κ2) is 9.99.